The Kier molecular flexibility index (Phi) is 12.9. The molecule has 3 rings (SSSR count). The summed E-state index contributed by atoms with van der Waals surface area (Å²) in [5, 5.41) is 5.29. The zero-order valence-electron chi connectivity index (χ0n) is 26.0. The molecule has 1 aromatic heterocycles. The quantitative estimate of drug-likeness (QED) is 0.129. The van der Waals surface area contributed by atoms with E-state index in [1.165, 1.54) is 0 Å². The lowest BCUT2D eigenvalue weighted by molar-refractivity contribution is 0.108. The smallest absolute Gasteiger partial charge is 0.314 e. The maximum Gasteiger partial charge on any atom is 0.314 e. The first-order valence-electron chi connectivity index (χ1n) is 14.5. The number of aromatic nitrogens is 1. The zero-order valence-corrected chi connectivity index (χ0v) is 28.4. The molecule has 0 saturated carbocycles. The van der Waals surface area contributed by atoms with E-state index in [0.717, 1.165) is 33.4 Å². The summed E-state index contributed by atoms with van der Waals surface area (Å²) in [4.78, 5) is 18.3. The number of nitrogens with one attached hydrogen (secondary N) is 3. The van der Waals surface area contributed by atoms with Crippen LogP contribution >= 0.6 is 11.6 Å². The summed E-state index contributed by atoms with van der Waals surface area (Å²) in [7, 11) is -7.89. The standard InChI is InChI=1S/C31H42ClN5O6S2/c1-23-21-33-14-12-28(23)25-8-5-10-27(20-25)31(3,4)37(22-26-9-6-11-29(32)24(26)2)17-7-13-36-44(39,40)18-15-34-30(38)35-16-19-45(41,42)43/h5-6,8-12,14,20-21,36H,7,13,15-19,22H2,1-4H3,(H2,34,35,38)(H,41,42,43). The van der Waals surface area contributed by atoms with E-state index < -0.39 is 37.5 Å². The van der Waals surface area contributed by atoms with Gasteiger partial charge in [-0.3, -0.25) is 14.4 Å². The molecule has 0 aliphatic heterocycles. The van der Waals surface area contributed by atoms with Gasteiger partial charge in [0, 0.05) is 55.7 Å². The fourth-order valence-corrected chi connectivity index (χ4v) is 6.38. The summed E-state index contributed by atoms with van der Waals surface area (Å²) in [6, 6.07) is 15.5. The molecule has 0 spiro atoms. The van der Waals surface area contributed by atoms with E-state index in [1.54, 1.807) is 6.20 Å². The molecule has 11 nitrogen and oxygen atoms in total. The molecule has 0 unspecified atom stereocenters. The molecule has 0 aliphatic carbocycles. The van der Waals surface area contributed by atoms with Gasteiger partial charge in [0.15, 0.2) is 0 Å². The van der Waals surface area contributed by atoms with Crippen LogP contribution in [0.25, 0.3) is 11.1 Å². The van der Waals surface area contributed by atoms with Gasteiger partial charge in [0.1, 0.15) is 0 Å². The number of sulfonamides is 1. The number of carbonyl (C=O) groups is 1. The van der Waals surface area contributed by atoms with Crippen molar-refractivity contribution in [3.05, 3.63) is 88.2 Å². The highest BCUT2D eigenvalue weighted by Crippen LogP contribution is 2.34. The minimum Gasteiger partial charge on any atom is -0.337 e. The number of carbonyl (C=O) groups excluding carboxylic acids is 1. The van der Waals surface area contributed by atoms with Crippen molar-refractivity contribution in [3.8, 4) is 11.1 Å². The number of aryl methyl sites for hydroxylation is 1. The predicted molar refractivity (Wildman–Crippen MR) is 178 cm³/mol. The molecule has 4 N–H and O–H groups in total. The van der Waals surface area contributed by atoms with Gasteiger partial charge in [-0.25, -0.2) is 17.9 Å². The van der Waals surface area contributed by atoms with Crippen molar-refractivity contribution >= 4 is 37.8 Å². The lowest BCUT2D eigenvalue weighted by Crippen LogP contribution is -2.43. The van der Waals surface area contributed by atoms with E-state index in [2.05, 4.69) is 63.4 Å². The van der Waals surface area contributed by atoms with Crippen molar-refractivity contribution in [2.75, 3.05) is 37.7 Å². The van der Waals surface area contributed by atoms with Crippen LogP contribution < -0.4 is 15.4 Å². The van der Waals surface area contributed by atoms with Crippen molar-refractivity contribution < 1.29 is 26.2 Å². The molecule has 0 fully saturated rings. The molecule has 0 aliphatic rings. The van der Waals surface area contributed by atoms with Crippen LogP contribution in [0.15, 0.2) is 60.9 Å². The molecule has 2 amide bonds. The number of pyridine rings is 1. The fraction of sp³-hybridized carbons (Fsp3) is 0.419. The van der Waals surface area contributed by atoms with E-state index in [1.807, 2.05) is 44.3 Å². The second kappa shape index (κ2) is 16.0. The van der Waals surface area contributed by atoms with Crippen molar-refractivity contribution in [2.45, 2.75) is 46.2 Å². The molecule has 45 heavy (non-hydrogen) atoms. The number of hydrogen-bond acceptors (Lipinski definition) is 7. The number of hydrogen-bond donors (Lipinski definition) is 4. The van der Waals surface area contributed by atoms with E-state index in [9.17, 15) is 21.6 Å². The monoisotopic (exact) mass is 679 g/mol. The lowest BCUT2D eigenvalue weighted by Gasteiger charge is -2.40. The van der Waals surface area contributed by atoms with Crippen LogP contribution in [0.2, 0.25) is 5.02 Å². The normalized spacial score (nSPS) is 12.3. The Bertz CT molecular complexity index is 1680. The van der Waals surface area contributed by atoms with Crippen molar-refractivity contribution in [1.29, 1.82) is 0 Å². The van der Waals surface area contributed by atoms with Gasteiger partial charge in [0.25, 0.3) is 10.1 Å². The third-order valence-electron chi connectivity index (χ3n) is 7.66. The van der Waals surface area contributed by atoms with Crippen LogP contribution in [0.1, 0.15) is 42.5 Å². The highest BCUT2D eigenvalue weighted by molar-refractivity contribution is 7.89. The van der Waals surface area contributed by atoms with Gasteiger partial charge in [-0.15, -0.1) is 0 Å². The Hall–Kier alpha value is -3.07. The second-order valence-corrected chi connectivity index (χ2v) is 15.2. The van der Waals surface area contributed by atoms with Crippen LogP contribution in [0.5, 0.6) is 0 Å². The van der Waals surface area contributed by atoms with E-state index in [-0.39, 0.29) is 25.4 Å². The van der Waals surface area contributed by atoms with E-state index in [4.69, 9.17) is 16.2 Å². The molecule has 2 aromatic carbocycles. The van der Waals surface area contributed by atoms with Gasteiger partial charge in [-0.05, 0) is 85.7 Å². The van der Waals surface area contributed by atoms with Crippen LogP contribution in [0.4, 0.5) is 4.79 Å². The molecule has 0 bridgehead atoms. The highest BCUT2D eigenvalue weighted by atomic mass is 35.5. The number of urea groups is 1. The van der Waals surface area contributed by atoms with Gasteiger partial charge < -0.3 is 10.6 Å². The lowest BCUT2D eigenvalue weighted by atomic mass is 9.88. The summed E-state index contributed by atoms with van der Waals surface area (Å²) in [6.07, 6.45) is 4.16. The summed E-state index contributed by atoms with van der Waals surface area (Å²) in [5.41, 5.74) is 6.04. The largest absolute Gasteiger partial charge is 0.337 e. The predicted octanol–water partition coefficient (Wildman–Crippen LogP) is 4.25. The Morgan fingerprint density at radius 2 is 1.67 bits per heavy atom. The van der Waals surface area contributed by atoms with Gasteiger partial charge in [-0.1, -0.05) is 41.9 Å². The van der Waals surface area contributed by atoms with Crippen LogP contribution in [-0.4, -0.2) is 75.0 Å². The van der Waals surface area contributed by atoms with E-state index >= 15 is 0 Å². The maximum absolute atomic E-state index is 12.6. The molecule has 246 valence electrons. The van der Waals surface area contributed by atoms with Gasteiger partial charge in [0.2, 0.25) is 10.0 Å². The SMILES string of the molecule is Cc1cnccc1-c1cccc(C(C)(C)N(CCCNS(=O)(=O)CCNC(=O)NCCS(=O)(=O)O)Cc2cccc(Cl)c2C)c1. The molecular formula is C31H42ClN5O6S2. The summed E-state index contributed by atoms with van der Waals surface area (Å²) >= 11 is 6.45. The summed E-state index contributed by atoms with van der Waals surface area (Å²) in [6.45, 7) is 9.24. The fourth-order valence-electron chi connectivity index (χ4n) is 4.86. The minimum atomic E-state index is -4.20. The topological polar surface area (TPSA) is 158 Å². The Morgan fingerprint density at radius 3 is 2.36 bits per heavy atom. The number of nitrogens with zero attached hydrogens (tertiary/aromatic N) is 2. The Morgan fingerprint density at radius 1 is 0.978 bits per heavy atom. The number of rotatable bonds is 16. The molecule has 0 saturated heterocycles. The second-order valence-electron chi connectivity index (χ2n) is 11.3. The summed E-state index contributed by atoms with van der Waals surface area (Å²) < 4.78 is 57.9. The average molecular weight is 680 g/mol. The molecule has 14 heteroatoms. The maximum atomic E-state index is 12.6. The Balaban J connectivity index is 1.67. The van der Waals surface area contributed by atoms with Gasteiger partial charge >= 0.3 is 6.03 Å². The van der Waals surface area contributed by atoms with Crippen molar-refractivity contribution in [3.63, 3.8) is 0 Å². The first-order chi connectivity index (χ1) is 21.1. The van der Waals surface area contributed by atoms with Crippen LogP contribution in [0, 0.1) is 13.8 Å². The van der Waals surface area contributed by atoms with Gasteiger partial charge in [-0.2, -0.15) is 8.42 Å². The highest BCUT2D eigenvalue weighted by Gasteiger charge is 2.29. The number of amides is 2. The molecule has 1 heterocycles. The third kappa shape index (κ3) is 11.3. The van der Waals surface area contributed by atoms with E-state index in [0.29, 0.717) is 24.5 Å². The Labute approximate surface area is 271 Å². The molecule has 3 aromatic rings. The van der Waals surface area contributed by atoms with Crippen LogP contribution in [-0.2, 0) is 32.2 Å². The minimum absolute atomic E-state index is 0.173. The third-order valence-corrected chi connectivity index (χ3v) is 10.2. The summed E-state index contributed by atoms with van der Waals surface area (Å²) in [5.74, 6) is -0.988. The van der Waals surface area contributed by atoms with Gasteiger partial charge in [0.05, 0.1) is 11.5 Å². The van der Waals surface area contributed by atoms with Crippen LogP contribution in [0.3, 0.4) is 0 Å². The van der Waals surface area contributed by atoms with Crippen molar-refractivity contribution in [2.24, 2.45) is 0 Å². The molecular weight excluding hydrogens is 638 g/mol. The first kappa shape index (κ1) is 36.4. The average Bonchev–Trinajstić information content (AvgIpc) is 2.96. The molecule has 0 atom stereocenters. The number of halogens is 1. The molecule has 0 radical (unpaired) electrons. The van der Waals surface area contributed by atoms with Crippen molar-refractivity contribution in [1.82, 2.24) is 25.2 Å². The first-order valence-corrected chi connectivity index (χ1v) is 18.2. The zero-order chi connectivity index (χ0) is 33.3. The number of benzene rings is 2.